The lowest BCUT2D eigenvalue weighted by Crippen LogP contribution is -2.31. The summed E-state index contributed by atoms with van der Waals surface area (Å²) in [6.07, 6.45) is 2.74. The van der Waals surface area contributed by atoms with Crippen LogP contribution in [-0.4, -0.2) is 12.5 Å². The van der Waals surface area contributed by atoms with Gasteiger partial charge in [0.25, 0.3) is 0 Å². The second-order valence-electron chi connectivity index (χ2n) is 3.86. The normalized spacial score (nSPS) is 23.6. The van der Waals surface area contributed by atoms with Crippen LogP contribution >= 0.6 is 11.9 Å². The Balaban J connectivity index is 2.58. The van der Waals surface area contributed by atoms with Crippen LogP contribution in [0.4, 0.5) is 0 Å². The first-order chi connectivity index (χ1) is 5.54. The largest absolute Gasteiger partial charge is 0.323 e. The molecular weight excluding hydrogens is 172 g/mol. The van der Waals surface area contributed by atoms with E-state index in [4.69, 9.17) is 0 Å². The van der Waals surface area contributed by atoms with Crippen molar-refractivity contribution in [2.24, 2.45) is 5.41 Å². The number of carbonyl (C=O) groups is 1. The van der Waals surface area contributed by atoms with Crippen molar-refractivity contribution in [3.05, 3.63) is 11.1 Å². The summed E-state index contributed by atoms with van der Waals surface area (Å²) in [5, 5.41) is 3.52. The standard InChI is InChI=1S/C8H14N2OS/c1-8(2,3)6-4-7(9-5-11)12-10-6/h4-6,10H,1-3H3,(H,9,11). The molecule has 1 atom stereocenters. The number of nitrogens with one attached hydrogen (secondary N) is 2. The minimum Gasteiger partial charge on any atom is -0.323 e. The van der Waals surface area contributed by atoms with Gasteiger partial charge in [-0.05, 0) is 23.4 Å². The van der Waals surface area contributed by atoms with Crippen molar-refractivity contribution in [2.45, 2.75) is 26.8 Å². The van der Waals surface area contributed by atoms with Crippen LogP contribution in [0.25, 0.3) is 0 Å². The van der Waals surface area contributed by atoms with Gasteiger partial charge in [-0.15, -0.1) is 0 Å². The van der Waals surface area contributed by atoms with Crippen LogP contribution in [0.15, 0.2) is 11.1 Å². The summed E-state index contributed by atoms with van der Waals surface area (Å²) in [4.78, 5) is 10.1. The first-order valence-electron chi connectivity index (χ1n) is 3.88. The molecule has 0 aromatic heterocycles. The van der Waals surface area contributed by atoms with Gasteiger partial charge in [0, 0.05) is 6.04 Å². The highest BCUT2D eigenvalue weighted by atomic mass is 32.2. The molecule has 1 unspecified atom stereocenters. The molecule has 0 saturated heterocycles. The van der Waals surface area contributed by atoms with E-state index in [0.717, 1.165) is 5.03 Å². The Kier molecular flexibility index (Phi) is 2.80. The lowest BCUT2D eigenvalue weighted by molar-refractivity contribution is -0.108. The molecule has 1 heterocycles. The highest BCUT2D eigenvalue weighted by molar-refractivity contribution is 8.01. The second kappa shape index (κ2) is 3.49. The molecule has 0 spiro atoms. The molecule has 3 nitrogen and oxygen atoms in total. The fourth-order valence-electron chi connectivity index (χ4n) is 0.909. The Hall–Kier alpha value is -0.480. The van der Waals surface area contributed by atoms with Crippen molar-refractivity contribution >= 4 is 18.4 Å². The summed E-state index contributed by atoms with van der Waals surface area (Å²) < 4.78 is 3.23. The molecule has 0 aliphatic carbocycles. The third-order valence-electron chi connectivity index (χ3n) is 1.75. The zero-order valence-electron chi connectivity index (χ0n) is 7.55. The number of hydrogen-bond acceptors (Lipinski definition) is 3. The van der Waals surface area contributed by atoms with Crippen LogP contribution in [-0.2, 0) is 4.79 Å². The van der Waals surface area contributed by atoms with Crippen LogP contribution in [0.1, 0.15) is 20.8 Å². The maximum Gasteiger partial charge on any atom is 0.211 e. The molecular formula is C8H14N2OS. The van der Waals surface area contributed by atoms with Crippen molar-refractivity contribution in [3.8, 4) is 0 Å². The van der Waals surface area contributed by atoms with E-state index in [1.165, 1.54) is 11.9 Å². The fraction of sp³-hybridized carbons (Fsp3) is 0.625. The van der Waals surface area contributed by atoms with E-state index >= 15 is 0 Å². The average Bonchev–Trinajstić information content (AvgIpc) is 2.35. The quantitative estimate of drug-likeness (QED) is 0.503. The molecule has 1 amide bonds. The van der Waals surface area contributed by atoms with Gasteiger partial charge < -0.3 is 5.32 Å². The summed E-state index contributed by atoms with van der Waals surface area (Å²) in [6.45, 7) is 6.47. The Morgan fingerprint density at radius 3 is 2.75 bits per heavy atom. The summed E-state index contributed by atoms with van der Waals surface area (Å²) in [5.41, 5.74) is 0.194. The van der Waals surface area contributed by atoms with Crippen LogP contribution in [0.3, 0.4) is 0 Å². The maximum atomic E-state index is 10.1. The topological polar surface area (TPSA) is 41.1 Å². The molecule has 12 heavy (non-hydrogen) atoms. The minimum atomic E-state index is 0.194. The van der Waals surface area contributed by atoms with E-state index in [-0.39, 0.29) is 5.41 Å². The lowest BCUT2D eigenvalue weighted by atomic mass is 9.87. The Morgan fingerprint density at radius 1 is 1.67 bits per heavy atom. The number of amides is 1. The molecule has 0 fully saturated rings. The molecule has 0 saturated carbocycles. The van der Waals surface area contributed by atoms with Gasteiger partial charge in [-0.3, -0.25) is 9.52 Å². The first kappa shape index (κ1) is 9.61. The van der Waals surface area contributed by atoms with E-state index in [1.807, 2.05) is 6.08 Å². The van der Waals surface area contributed by atoms with Gasteiger partial charge >= 0.3 is 0 Å². The van der Waals surface area contributed by atoms with Gasteiger partial charge in [0.2, 0.25) is 6.41 Å². The van der Waals surface area contributed by atoms with E-state index in [2.05, 4.69) is 30.8 Å². The molecule has 0 radical (unpaired) electrons. The SMILES string of the molecule is CC(C)(C)C1C=C(NC=O)SN1. The lowest BCUT2D eigenvalue weighted by Gasteiger charge is -2.24. The van der Waals surface area contributed by atoms with Gasteiger partial charge in [0.1, 0.15) is 0 Å². The maximum absolute atomic E-state index is 10.1. The zero-order valence-corrected chi connectivity index (χ0v) is 8.37. The van der Waals surface area contributed by atoms with Gasteiger partial charge in [-0.1, -0.05) is 20.8 Å². The van der Waals surface area contributed by atoms with E-state index in [1.54, 1.807) is 0 Å². The second-order valence-corrected chi connectivity index (χ2v) is 4.74. The molecule has 4 heteroatoms. The third-order valence-corrected chi connectivity index (χ3v) is 2.59. The van der Waals surface area contributed by atoms with Gasteiger partial charge in [0.05, 0.1) is 5.03 Å². The Labute approximate surface area is 77.1 Å². The number of hydrogen-bond donors (Lipinski definition) is 2. The highest BCUT2D eigenvalue weighted by Crippen LogP contribution is 2.29. The van der Waals surface area contributed by atoms with Gasteiger partial charge in [0.15, 0.2) is 0 Å². The first-order valence-corrected chi connectivity index (χ1v) is 4.70. The van der Waals surface area contributed by atoms with Crippen LogP contribution in [0, 0.1) is 5.41 Å². The highest BCUT2D eigenvalue weighted by Gasteiger charge is 2.27. The van der Waals surface area contributed by atoms with Crippen LogP contribution in [0.2, 0.25) is 0 Å². The van der Waals surface area contributed by atoms with Crippen LogP contribution < -0.4 is 10.0 Å². The molecule has 68 valence electrons. The summed E-state index contributed by atoms with van der Waals surface area (Å²) in [6, 6.07) is 0.324. The van der Waals surface area contributed by atoms with Crippen molar-refractivity contribution in [3.63, 3.8) is 0 Å². The van der Waals surface area contributed by atoms with Crippen LogP contribution in [0.5, 0.6) is 0 Å². The summed E-state index contributed by atoms with van der Waals surface area (Å²) in [7, 11) is 0. The van der Waals surface area contributed by atoms with Crippen molar-refractivity contribution in [1.82, 2.24) is 10.0 Å². The monoisotopic (exact) mass is 186 g/mol. The Morgan fingerprint density at radius 2 is 2.33 bits per heavy atom. The third kappa shape index (κ3) is 2.25. The van der Waals surface area contributed by atoms with E-state index < -0.39 is 0 Å². The van der Waals surface area contributed by atoms with Crippen molar-refractivity contribution in [1.29, 1.82) is 0 Å². The molecule has 0 aromatic carbocycles. The predicted molar refractivity (Wildman–Crippen MR) is 51.3 cm³/mol. The van der Waals surface area contributed by atoms with Gasteiger partial charge in [-0.25, -0.2) is 0 Å². The predicted octanol–water partition coefficient (Wildman–Crippen LogP) is 1.24. The summed E-state index contributed by atoms with van der Waals surface area (Å²) in [5.74, 6) is 0. The smallest absolute Gasteiger partial charge is 0.211 e. The zero-order chi connectivity index (χ0) is 9.19. The molecule has 1 aliphatic heterocycles. The van der Waals surface area contributed by atoms with Gasteiger partial charge in [-0.2, -0.15) is 0 Å². The molecule has 0 bridgehead atoms. The van der Waals surface area contributed by atoms with E-state index in [0.29, 0.717) is 12.5 Å². The summed E-state index contributed by atoms with van der Waals surface area (Å²) >= 11 is 1.47. The molecule has 1 rings (SSSR count). The molecule has 2 N–H and O–H groups in total. The minimum absolute atomic E-state index is 0.194. The number of rotatable bonds is 2. The van der Waals surface area contributed by atoms with Crippen molar-refractivity contribution < 1.29 is 4.79 Å². The molecule has 1 aliphatic rings. The Bertz CT molecular complexity index is 208. The van der Waals surface area contributed by atoms with Crippen molar-refractivity contribution in [2.75, 3.05) is 0 Å². The number of carbonyl (C=O) groups excluding carboxylic acids is 1. The molecule has 0 aromatic rings. The average molecular weight is 186 g/mol. The van der Waals surface area contributed by atoms with E-state index in [9.17, 15) is 4.79 Å². The fourth-order valence-corrected chi connectivity index (χ4v) is 1.90.